The Hall–Kier alpha value is -2.43. The van der Waals surface area contributed by atoms with Crippen molar-refractivity contribution in [3.8, 4) is 0 Å². The van der Waals surface area contributed by atoms with E-state index in [-0.39, 0.29) is 23.7 Å². The number of fused-ring (bicyclic) bond motifs is 1. The van der Waals surface area contributed by atoms with Gasteiger partial charge in [-0.05, 0) is 81.5 Å². The summed E-state index contributed by atoms with van der Waals surface area (Å²) >= 11 is 0. The molecule has 0 saturated heterocycles. The van der Waals surface area contributed by atoms with Gasteiger partial charge in [-0.1, -0.05) is 18.2 Å². The molecule has 33 heavy (non-hydrogen) atoms. The Labute approximate surface area is 196 Å². The van der Waals surface area contributed by atoms with E-state index in [9.17, 15) is 26.0 Å². The molecule has 3 rings (SSSR count). The third-order valence-electron chi connectivity index (χ3n) is 5.04. The van der Waals surface area contributed by atoms with Crippen LogP contribution in [-0.2, 0) is 28.2 Å². The number of benzene rings is 2. The Balaban J connectivity index is 1.87. The van der Waals surface area contributed by atoms with E-state index in [1.54, 1.807) is 18.2 Å². The van der Waals surface area contributed by atoms with Gasteiger partial charge in [0.25, 0.3) is 0 Å². The number of ether oxygens (including phenoxy) is 1. The standard InChI is InChI=1S/C23H23FO6S3/c1-15-20(12-16-4-7-18(8-5-16)32(2,26)27)19-9-6-17(24)13-22(19)21(15)14-23(25)30-10-11-31-33(3,28)29/h4-9,12-13H,10-11,14H2,1-3H3/b20-12-. The van der Waals surface area contributed by atoms with Gasteiger partial charge in [-0.2, -0.15) is 0 Å². The number of esters is 1. The van der Waals surface area contributed by atoms with Crippen LogP contribution >= 0.6 is 10.8 Å². The zero-order valence-corrected chi connectivity index (χ0v) is 20.7. The Morgan fingerprint density at radius 1 is 1.03 bits per heavy atom. The highest BCUT2D eigenvalue weighted by Gasteiger charge is 2.26. The van der Waals surface area contributed by atoms with Gasteiger partial charge < -0.3 is 4.74 Å². The molecule has 0 unspecified atom stereocenters. The summed E-state index contributed by atoms with van der Waals surface area (Å²) in [7, 11) is -5.82. The molecule has 0 atom stereocenters. The molecule has 2 aromatic rings. The van der Waals surface area contributed by atoms with Crippen LogP contribution in [0.3, 0.4) is 0 Å². The molecule has 10 heteroatoms. The Kier molecular flexibility index (Phi) is 7.50. The van der Waals surface area contributed by atoms with Crippen molar-refractivity contribution in [1.82, 2.24) is 0 Å². The average molecular weight is 511 g/mol. The van der Waals surface area contributed by atoms with Gasteiger partial charge in [-0.15, -0.1) is 0 Å². The van der Waals surface area contributed by atoms with Crippen molar-refractivity contribution in [3.05, 3.63) is 70.5 Å². The van der Waals surface area contributed by atoms with Crippen molar-refractivity contribution in [2.24, 2.45) is 0 Å². The smallest absolute Gasteiger partial charge is 0.310 e. The quantitative estimate of drug-likeness (QED) is 0.299. The van der Waals surface area contributed by atoms with Crippen molar-refractivity contribution in [1.29, 1.82) is 0 Å². The highest BCUT2D eigenvalue weighted by atomic mass is 33.1. The maximum atomic E-state index is 14.0. The second-order valence-electron chi connectivity index (χ2n) is 7.62. The van der Waals surface area contributed by atoms with Crippen molar-refractivity contribution in [3.63, 3.8) is 0 Å². The van der Waals surface area contributed by atoms with E-state index in [2.05, 4.69) is 0 Å². The van der Waals surface area contributed by atoms with Crippen LogP contribution in [0.25, 0.3) is 17.2 Å². The maximum Gasteiger partial charge on any atom is 0.310 e. The van der Waals surface area contributed by atoms with Crippen LogP contribution in [0.4, 0.5) is 4.39 Å². The van der Waals surface area contributed by atoms with Gasteiger partial charge in [0.15, 0.2) is 18.7 Å². The minimum atomic E-state index is -3.31. The van der Waals surface area contributed by atoms with Crippen molar-refractivity contribution < 1.29 is 30.8 Å². The number of sulfone groups is 1. The van der Waals surface area contributed by atoms with Crippen LogP contribution in [0.1, 0.15) is 30.0 Å². The van der Waals surface area contributed by atoms with Crippen LogP contribution in [0, 0.1) is 5.82 Å². The fraction of sp³-hybridized carbons (Fsp3) is 0.261. The molecule has 0 N–H and O–H groups in total. The first-order valence-electron chi connectivity index (χ1n) is 9.87. The number of allylic oxidation sites excluding steroid dienone is 2. The molecule has 176 valence electrons. The molecule has 0 saturated carbocycles. The molecule has 1 aliphatic carbocycles. The summed E-state index contributed by atoms with van der Waals surface area (Å²) in [4.78, 5) is 12.6. The van der Waals surface area contributed by atoms with Gasteiger partial charge >= 0.3 is 5.97 Å². The zero-order chi connectivity index (χ0) is 24.4. The van der Waals surface area contributed by atoms with E-state index in [1.807, 2.05) is 13.0 Å². The number of rotatable bonds is 8. The Bertz CT molecular complexity index is 1360. The van der Waals surface area contributed by atoms with Crippen LogP contribution < -0.4 is 0 Å². The number of hydrogen-bond donors (Lipinski definition) is 0. The predicted octanol–water partition coefficient (Wildman–Crippen LogP) is 4.18. The third kappa shape index (κ3) is 6.55. The minimum absolute atomic E-state index is 0.0473. The lowest BCUT2D eigenvalue weighted by Crippen LogP contribution is -2.09. The van der Waals surface area contributed by atoms with E-state index < -0.39 is 30.5 Å². The minimum Gasteiger partial charge on any atom is -0.465 e. The van der Waals surface area contributed by atoms with E-state index in [4.69, 9.17) is 4.74 Å². The zero-order valence-electron chi connectivity index (χ0n) is 18.3. The summed E-state index contributed by atoms with van der Waals surface area (Å²) in [6, 6.07) is 10.8. The van der Waals surface area contributed by atoms with Gasteiger partial charge in [-0.3, -0.25) is 4.79 Å². The topological polar surface area (TPSA) is 94.6 Å². The molecule has 0 amide bonds. The molecular weight excluding hydrogens is 487 g/mol. The lowest BCUT2D eigenvalue weighted by atomic mass is 10.0. The van der Waals surface area contributed by atoms with Crippen LogP contribution in [0.2, 0.25) is 0 Å². The highest BCUT2D eigenvalue weighted by Crippen LogP contribution is 2.44. The molecular formula is C23H23FO6S3. The average Bonchev–Trinajstić information content (AvgIpc) is 2.95. The summed E-state index contributed by atoms with van der Waals surface area (Å²) in [6.07, 6.45) is 4.00. The summed E-state index contributed by atoms with van der Waals surface area (Å²) in [5, 5.41) is 0. The molecule has 0 bridgehead atoms. The predicted molar refractivity (Wildman–Crippen MR) is 129 cm³/mol. The largest absolute Gasteiger partial charge is 0.465 e. The fourth-order valence-electron chi connectivity index (χ4n) is 3.50. The molecule has 0 spiro atoms. The molecule has 0 aromatic heterocycles. The Morgan fingerprint density at radius 2 is 1.70 bits per heavy atom. The second-order valence-corrected chi connectivity index (χ2v) is 14.2. The van der Waals surface area contributed by atoms with E-state index in [1.165, 1.54) is 24.3 Å². The molecule has 0 aliphatic heterocycles. The molecule has 0 radical (unpaired) electrons. The van der Waals surface area contributed by atoms with Gasteiger partial charge in [0.1, 0.15) is 12.4 Å². The molecule has 6 nitrogen and oxygen atoms in total. The monoisotopic (exact) mass is 510 g/mol. The first kappa shape index (κ1) is 25.2. The fourth-order valence-corrected chi connectivity index (χ4v) is 5.69. The molecule has 0 fully saturated rings. The maximum absolute atomic E-state index is 14.0. The number of carbonyl (C=O) groups is 1. The van der Waals surface area contributed by atoms with Gasteiger partial charge in [0.05, 0.1) is 11.3 Å². The summed E-state index contributed by atoms with van der Waals surface area (Å²) in [5.74, 6) is -0.842. The second kappa shape index (κ2) is 9.82. The molecule has 0 heterocycles. The number of halogens is 1. The normalized spacial score (nSPS) is 15.1. The van der Waals surface area contributed by atoms with Crippen molar-refractivity contribution in [2.45, 2.75) is 18.2 Å². The van der Waals surface area contributed by atoms with Crippen LogP contribution in [-0.4, -0.2) is 47.7 Å². The van der Waals surface area contributed by atoms with E-state index in [0.29, 0.717) is 21.9 Å². The Morgan fingerprint density at radius 3 is 2.30 bits per heavy atom. The van der Waals surface area contributed by atoms with Crippen LogP contribution in [0.5, 0.6) is 0 Å². The highest BCUT2D eigenvalue weighted by molar-refractivity contribution is 8.71. The lowest BCUT2D eigenvalue weighted by molar-refractivity contribution is -0.141. The first-order chi connectivity index (χ1) is 15.3. The van der Waals surface area contributed by atoms with Gasteiger partial charge in [0.2, 0.25) is 0 Å². The van der Waals surface area contributed by atoms with Gasteiger partial charge in [0, 0.05) is 18.3 Å². The molecule has 1 aliphatic rings. The first-order valence-corrected chi connectivity index (χ1v) is 15.2. The van der Waals surface area contributed by atoms with E-state index in [0.717, 1.165) is 34.8 Å². The number of hydrogen-bond acceptors (Lipinski definition) is 7. The van der Waals surface area contributed by atoms with Gasteiger partial charge in [-0.25, -0.2) is 21.2 Å². The summed E-state index contributed by atoms with van der Waals surface area (Å²) in [5.41, 5.74) is 4.32. The third-order valence-corrected chi connectivity index (χ3v) is 8.71. The molecule has 2 aromatic carbocycles. The van der Waals surface area contributed by atoms with Crippen LogP contribution in [0.15, 0.2) is 52.9 Å². The summed E-state index contributed by atoms with van der Waals surface area (Å²) < 4.78 is 64.9. The summed E-state index contributed by atoms with van der Waals surface area (Å²) in [6.45, 7) is 1.78. The van der Waals surface area contributed by atoms with Crippen molar-refractivity contribution >= 4 is 52.7 Å². The number of carbonyl (C=O) groups excluding carboxylic acids is 1. The van der Waals surface area contributed by atoms with Crippen molar-refractivity contribution in [2.75, 3.05) is 24.9 Å². The SMILES string of the molecule is CC1=C(CC(=O)OCCSS(C)(=O)=O)c2cc(F)ccc2/C1=C\c1ccc(S(C)(=O)=O)cc1. The lowest BCUT2D eigenvalue weighted by Gasteiger charge is -2.07. The van der Waals surface area contributed by atoms with E-state index >= 15 is 0 Å².